The summed E-state index contributed by atoms with van der Waals surface area (Å²) in [6.45, 7) is 1.64. The summed E-state index contributed by atoms with van der Waals surface area (Å²) in [6.07, 6.45) is 1.40. The van der Waals surface area contributed by atoms with Crippen molar-refractivity contribution in [1.82, 2.24) is 10.3 Å². The molecule has 1 rings (SSSR count). The van der Waals surface area contributed by atoms with Crippen molar-refractivity contribution >= 4 is 11.9 Å². The van der Waals surface area contributed by atoms with Crippen molar-refractivity contribution < 1.29 is 14.7 Å². The van der Waals surface area contributed by atoms with Crippen LogP contribution in [0.15, 0.2) is 18.3 Å². The predicted molar refractivity (Wildman–Crippen MR) is 48.7 cm³/mol. The summed E-state index contributed by atoms with van der Waals surface area (Å²) in [7, 11) is 0. The van der Waals surface area contributed by atoms with Crippen molar-refractivity contribution in [3.05, 3.63) is 29.6 Å². The van der Waals surface area contributed by atoms with E-state index in [2.05, 4.69) is 10.3 Å². The zero-order valence-electron chi connectivity index (χ0n) is 7.65. The zero-order valence-corrected chi connectivity index (χ0v) is 7.65. The van der Waals surface area contributed by atoms with Crippen LogP contribution in [0.3, 0.4) is 0 Å². The lowest BCUT2D eigenvalue weighted by molar-refractivity contribution is -0.119. The van der Waals surface area contributed by atoms with Crippen LogP contribution < -0.4 is 5.32 Å². The molecule has 0 radical (unpaired) electrons. The molecular weight excluding hydrogens is 184 g/mol. The Balaban J connectivity index is 2.73. The Hall–Kier alpha value is -1.91. The van der Waals surface area contributed by atoms with Gasteiger partial charge in [-0.3, -0.25) is 9.78 Å². The van der Waals surface area contributed by atoms with Gasteiger partial charge in [0.15, 0.2) is 0 Å². The second kappa shape index (κ2) is 4.36. The van der Waals surface area contributed by atoms with Gasteiger partial charge in [0, 0.05) is 13.1 Å². The van der Waals surface area contributed by atoms with Crippen molar-refractivity contribution in [2.24, 2.45) is 0 Å². The first-order valence-corrected chi connectivity index (χ1v) is 4.02. The number of hydrogen-bond donors (Lipinski definition) is 2. The van der Waals surface area contributed by atoms with Crippen LogP contribution in [-0.2, 0) is 11.3 Å². The lowest BCUT2D eigenvalue weighted by Gasteiger charge is -2.01. The zero-order chi connectivity index (χ0) is 10.6. The van der Waals surface area contributed by atoms with Crippen molar-refractivity contribution in [3.8, 4) is 0 Å². The molecule has 1 amide bonds. The van der Waals surface area contributed by atoms with E-state index in [0.717, 1.165) is 0 Å². The normalized spacial score (nSPS) is 9.50. The van der Waals surface area contributed by atoms with E-state index < -0.39 is 5.97 Å². The van der Waals surface area contributed by atoms with Crippen molar-refractivity contribution in [2.75, 3.05) is 0 Å². The molecular formula is C9H10N2O3. The molecule has 0 atom stereocenters. The average molecular weight is 194 g/mol. The summed E-state index contributed by atoms with van der Waals surface area (Å²) in [6, 6.07) is 2.83. The number of hydrogen-bond acceptors (Lipinski definition) is 3. The topological polar surface area (TPSA) is 79.3 Å². The van der Waals surface area contributed by atoms with E-state index in [1.54, 1.807) is 0 Å². The van der Waals surface area contributed by atoms with Gasteiger partial charge in [-0.05, 0) is 12.1 Å². The highest BCUT2D eigenvalue weighted by atomic mass is 16.4. The highest BCUT2D eigenvalue weighted by molar-refractivity contribution is 5.87. The minimum absolute atomic E-state index is 0.167. The van der Waals surface area contributed by atoms with Crippen LogP contribution in [0.2, 0.25) is 0 Å². The second-order valence-corrected chi connectivity index (χ2v) is 2.75. The van der Waals surface area contributed by atoms with Gasteiger partial charge in [-0.2, -0.15) is 0 Å². The summed E-state index contributed by atoms with van der Waals surface area (Å²) in [4.78, 5) is 25.1. The molecule has 0 aliphatic heterocycles. The smallest absolute Gasteiger partial charge is 0.335 e. The van der Waals surface area contributed by atoms with Crippen LogP contribution in [0.1, 0.15) is 23.0 Å². The van der Waals surface area contributed by atoms with Crippen LogP contribution in [0.25, 0.3) is 0 Å². The number of carbonyl (C=O) groups is 2. The van der Waals surface area contributed by atoms with Gasteiger partial charge in [0.1, 0.15) is 0 Å². The number of rotatable bonds is 3. The third kappa shape index (κ3) is 2.85. The number of aromatic carboxylic acids is 1. The van der Waals surface area contributed by atoms with Crippen LogP contribution in [0, 0.1) is 0 Å². The van der Waals surface area contributed by atoms with E-state index in [0.29, 0.717) is 5.69 Å². The first-order chi connectivity index (χ1) is 6.59. The molecule has 2 N–H and O–H groups in total. The van der Waals surface area contributed by atoms with E-state index >= 15 is 0 Å². The molecule has 0 fully saturated rings. The van der Waals surface area contributed by atoms with Gasteiger partial charge in [-0.1, -0.05) is 0 Å². The molecule has 74 valence electrons. The van der Waals surface area contributed by atoms with Crippen LogP contribution >= 0.6 is 0 Å². The molecule has 14 heavy (non-hydrogen) atoms. The molecule has 5 nitrogen and oxygen atoms in total. The highest BCUT2D eigenvalue weighted by Gasteiger charge is 2.03. The molecule has 1 aromatic rings. The van der Waals surface area contributed by atoms with Gasteiger partial charge in [0.05, 0.1) is 17.8 Å². The van der Waals surface area contributed by atoms with Gasteiger partial charge >= 0.3 is 5.97 Å². The quantitative estimate of drug-likeness (QED) is 0.730. The number of carboxylic acids is 1. The number of aromatic nitrogens is 1. The van der Waals surface area contributed by atoms with E-state index in [9.17, 15) is 9.59 Å². The number of carboxylic acid groups (broad SMARTS) is 1. The molecule has 0 unspecified atom stereocenters. The highest BCUT2D eigenvalue weighted by Crippen LogP contribution is 2.01. The first kappa shape index (κ1) is 10.2. The van der Waals surface area contributed by atoms with Crippen molar-refractivity contribution in [3.63, 3.8) is 0 Å². The molecule has 5 heteroatoms. The Labute approximate surface area is 80.8 Å². The maximum atomic E-state index is 10.6. The number of nitrogens with zero attached hydrogens (tertiary/aromatic N) is 1. The third-order valence-electron chi connectivity index (χ3n) is 1.58. The maximum Gasteiger partial charge on any atom is 0.335 e. The molecule has 0 saturated carbocycles. The molecule has 0 spiro atoms. The van der Waals surface area contributed by atoms with Gasteiger partial charge in [0.2, 0.25) is 5.91 Å². The molecule has 0 saturated heterocycles. The second-order valence-electron chi connectivity index (χ2n) is 2.75. The fraction of sp³-hybridized carbons (Fsp3) is 0.222. The Morgan fingerprint density at radius 1 is 1.57 bits per heavy atom. The maximum absolute atomic E-state index is 10.6. The van der Waals surface area contributed by atoms with Gasteiger partial charge in [-0.15, -0.1) is 0 Å². The number of pyridine rings is 1. The monoisotopic (exact) mass is 194 g/mol. The van der Waals surface area contributed by atoms with Crippen molar-refractivity contribution in [2.45, 2.75) is 13.5 Å². The van der Waals surface area contributed by atoms with Crippen molar-refractivity contribution in [1.29, 1.82) is 0 Å². The Bertz CT molecular complexity index is 363. The minimum Gasteiger partial charge on any atom is -0.478 e. The predicted octanol–water partition coefficient (Wildman–Crippen LogP) is 0.416. The van der Waals surface area contributed by atoms with Gasteiger partial charge in [0.25, 0.3) is 0 Å². The summed E-state index contributed by atoms with van der Waals surface area (Å²) < 4.78 is 0. The standard InChI is InChI=1S/C9H10N2O3/c1-6(12)11-5-8-4-7(9(13)14)2-3-10-8/h2-4H,5H2,1H3,(H,11,12)(H,13,14). The fourth-order valence-corrected chi connectivity index (χ4v) is 0.923. The molecule has 1 aromatic heterocycles. The molecule has 0 aliphatic carbocycles. The average Bonchev–Trinajstić information content (AvgIpc) is 2.15. The van der Waals surface area contributed by atoms with E-state index in [4.69, 9.17) is 5.11 Å². The van der Waals surface area contributed by atoms with Crippen LogP contribution in [0.5, 0.6) is 0 Å². The fourth-order valence-electron chi connectivity index (χ4n) is 0.923. The summed E-state index contributed by atoms with van der Waals surface area (Å²) in [5, 5.41) is 11.2. The largest absolute Gasteiger partial charge is 0.478 e. The SMILES string of the molecule is CC(=O)NCc1cc(C(=O)O)ccn1. The number of amides is 1. The Kier molecular flexibility index (Phi) is 3.17. The number of nitrogens with one attached hydrogen (secondary N) is 1. The lowest BCUT2D eigenvalue weighted by Crippen LogP contribution is -2.19. The van der Waals surface area contributed by atoms with Gasteiger partial charge in [-0.25, -0.2) is 4.79 Å². The lowest BCUT2D eigenvalue weighted by atomic mass is 10.2. The van der Waals surface area contributed by atoms with E-state index in [1.807, 2.05) is 0 Å². The number of carbonyl (C=O) groups excluding carboxylic acids is 1. The third-order valence-corrected chi connectivity index (χ3v) is 1.58. The van der Waals surface area contributed by atoms with Crippen LogP contribution in [0.4, 0.5) is 0 Å². The summed E-state index contributed by atoms with van der Waals surface area (Å²) in [5.41, 5.74) is 0.695. The Morgan fingerprint density at radius 3 is 2.86 bits per heavy atom. The molecule has 0 aromatic carbocycles. The minimum atomic E-state index is -1.00. The van der Waals surface area contributed by atoms with Gasteiger partial charge < -0.3 is 10.4 Å². The van der Waals surface area contributed by atoms with E-state index in [-0.39, 0.29) is 18.0 Å². The van der Waals surface area contributed by atoms with E-state index in [1.165, 1.54) is 25.3 Å². The summed E-state index contributed by atoms with van der Waals surface area (Å²) >= 11 is 0. The summed E-state index contributed by atoms with van der Waals surface area (Å²) in [5.74, 6) is -1.18. The van der Waals surface area contributed by atoms with Crippen LogP contribution in [-0.4, -0.2) is 22.0 Å². The Morgan fingerprint density at radius 2 is 2.29 bits per heavy atom. The molecule has 1 heterocycles. The molecule has 0 bridgehead atoms. The first-order valence-electron chi connectivity index (χ1n) is 4.02. The molecule has 0 aliphatic rings.